The van der Waals surface area contributed by atoms with Gasteiger partial charge in [-0.15, -0.1) is 0 Å². The average molecular weight is 393 g/mol. The van der Waals surface area contributed by atoms with Crippen molar-refractivity contribution in [3.63, 3.8) is 0 Å². The molecule has 1 atom stereocenters. The third kappa shape index (κ3) is 5.63. The van der Waals surface area contributed by atoms with Crippen LogP contribution >= 0.6 is 11.6 Å². The molecule has 0 bridgehead atoms. The van der Waals surface area contributed by atoms with Crippen LogP contribution in [0.2, 0.25) is 5.02 Å². The van der Waals surface area contributed by atoms with Crippen LogP contribution in [0.4, 0.5) is 13.2 Å². The van der Waals surface area contributed by atoms with E-state index in [1.54, 1.807) is 24.3 Å². The number of alkyl halides is 3. The summed E-state index contributed by atoms with van der Waals surface area (Å²) in [6, 6.07) is 7.04. The number of furan rings is 1. The molecule has 1 saturated heterocycles. The number of hydrogen-bond donors (Lipinski definition) is 3. The number of aliphatic carboxylic acids is 1. The van der Waals surface area contributed by atoms with Crippen LogP contribution in [-0.2, 0) is 4.79 Å². The molecule has 0 unspecified atom stereocenters. The molecular formula is C16H16ClF3N2O4. The van der Waals surface area contributed by atoms with Crippen LogP contribution in [-0.4, -0.2) is 42.8 Å². The number of carbonyl (C=O) groups is 2. The Kier molecular flexibility index (Phi) is 6.49. The third-order valence-corrected chi connectivity index (χ3v) is 3.89. The summed E-state index contributed by atoms with van der Waals surface area (Å²) in [4.78, 5) is 20.9. The number of amides is 1. The van der Waals surface area contributed by atoms with Gasteiger partial charge in [0.2, 0.25) is 0 Å². The predicted molar refractivity (Wildman–Crippen MR) is 88.2 cm³/mol. The van der Waals surface area contributed by atoms with Gasteiger partial charge in [-0.1, -0.05) is 11.6 Å². The maximum atomic E-state index is 12.0. The molecular weight excluding hydrogens is 377 g/mol. The first-order chi connectivity index (χ1) is 12.2. The van der Waals surface area contributed by atoms with Gasteiger partial charge in [-0.3, -0.25) is 4.79 Å². The largest absolute Gasteiger partial charge is 0.490 e. The summed E-state index contributed by atoms with van der Waals surface area (Å²) < 4.78 is 37.2. The highest BCUT2D eigenvalue weighted by molar-refractivity contribution is 6.31. The summed E-state index contributed by atoms with van der Waals surface area (Å²) in [6.45, 7) is 2.68. The van der Waals surface area contributed by atoms with E-state index in [1.807, 2.05) is 0 Å². The molecule has 0 saturated carbocycles. The van der Waals surface area contributed by atoms with Crippen molar-refractivity contribution in [2.45, 2.75) is 12.6 Å². The van der Waals surface area contributed by atoms with Crippen LogP contribution in [0.1, 0.15) is 17.0 Å². The minimum atomic E-state index is -5.08. The molecule has 0 radical (unpaired) electrons. The Bertz CT molecular complexity index is 785. The second kappa shape index (κ2) is 8.41. The molecule has 0 spiro atoms. The van der Waals surface area contributed by atoms with E-state index in [1.165, 1.54) is 0 Å². The second-order valence-corrected chi connectivity index (χ2v) is 6.10. The lowest BCUT2D eigenvalue weighted by molar-refractivity contribution is -0.192. The highest BCUT2D eigenvalue weighted by Crippen LogP contribution is 2.23. The van der Waals surface area contributed by atoms with E-state index < -0.39 is 12.1 Å². The van der Waals surface area contributed by atoms with Crippen LogP contribution in [0.25, 0.3) is 11.0 Å². The van der Waals surface area contributed by atoms with Crippen LogP contribution in [0.15, 0.2) is 28.7 Å². The van der Waals surface area contributed by atoms with Gasteiger partial charge in [-0.2, -0.15) is 13.2 Å². The Labute approximate surface area is 151 Å². The number of carboxylic acid groups (broad SMARTS) is 1. The molecule has 10 heteroatoms. The summed E-state index contributed by atoms with van der Waals surface area (Å²) in [5.41, 5.74) is 0.678. The van der Waals surface area contributed by atoms with Gasteiger partial charge in [-0.05, 0) is 49.7 Å². The van der Waals surface area contributed by atoms with Crippen LogP contribution in [0.3, 0.4) is 0 Å². The first kappa shape index (κ1) is 20.1. The molecule has 1 amide bonds. The van der Waals surface area contributed by atoms with E-state index in [2.05, 4.69) is 10.6 Å². The number of nitrogens with one attached hydrogen (secondary N) is 2. The van der Waals surface area contributed by atoms with Crippen molar-refractivity contribution in [1.29, 1.82) is 0 Å². The molecule has 0 aliphatic carbocycles. The van der Waals surface area contributed by atoms with Crippen LogP contribution < -0.4 is 10.6 Å². The summed E-state index contributed by atoms with van der Waals surface area (Å²) in [5, 5.41) is 14.8. The lowest BCUT2D eigenvalue weighted by Gasteiger charge is -2.08. The second-order valence-electron chi connectivity index (χ2n) is 5.66. The van der Waals surface area contributed by atoms with E-state index in [0.29, 0.717) is 28.8 Å². The van der Waals surface area contributed by atoms with Gasteiger partial charge in [0, 0.05) is 17.0 Å². The van der Waals surface area contributed by atoms with Crippen molar-refractivity contribution < 1.29 is 32.3 Å². The number of rotatable bonds is 3. The number of fused-ring (bicyclic) bond motifs is 1. The van der Waals surface area contributed by atoms with Gasteiger partial charge >= 0.3 is 12.1 Å². The monoisotopic (exact) mass is 392 g/mol. The van der Waals surface area contributed by atoms with Crippen molar-refractivity contribution >= 4 is 34.4 Å². The lowest BCUT2D eigenvalue weighted by Crippen LogP contribution is -2.29. The molecule has 3 rings (SSSR count). The number of carbonyl (C=O) groups excluding carboxylic acids is 1. The summed E-state index contributed by atoms with van der Waals surface area (Å²) in [5.74, 6) is -2.07. The zero-order valence-electron chi connectivity index (χ0n) is 13.4. The fourth-order valence-corrected chi connectivity index (χ4v) is 2.52. The minimum Gasteiger partial charge on any atom is -0.475 e. The third-order valence-electron chi connectivity index (χ3n) is 3.66. The highest BCUT2D eigenvalue weighted by Gasteiger charge is 2.38. The van der Waals surface area contributed by atoms with E-state index in [-0.39, 0.29) is 5.91 Å². The molecule has 2 heterocycles. The van der Waals surface area contributed by atoms with Crippen molar-refractivity contribution in [1.82, 2.24) is 10.6 Å². The molecule has 1 fully saturated rings. The Morgan fingerprint density at radius 2 is 2.04 bits per heavy atom. The predicted octanol–water partition coefficient (Wildman–Crippen LogP) is 3.06. The minimum absolute atomic E-state index is 0.167. The Hall–Kier alpha value is -2.26. The summed E-state index contributed by atoms with van der Waals surface area (Å²) >= 11 is 5.91. The van der Waals surface area contributed by atoms with Gasteiger partial charge in [0.05, 0.1) is 0 Å². The van der Waals surface area contributed by atoms with Crippen molar-refractivity contribution in [2.75, 3.05) is 19.6 Å². The lowest BCUT2D eigenvalue weighted by atomic mass is 10.1. The van der Waals surface area contributed by atoms with Gasteiger partial charge in [0.1, 0.15) is 5.58 Å². The van der Waals surface area contributed by atoms with Crippen LogP contribution in [0, 0.1) is 5.92 Å². The molecule has 1 aromatic heterocycles. The van der Waals surface area contributed by atoms with E-state index in [4.69, 9.17) is 25.9 Å². The molecule has 1 aromatic carbocycles. The van der Waals surface area contributed by atoms with E-state index in [0.717, 1.165) is 24.9 Å². The molecule has 3 N–H and O–H groups in total. The van der Waals surface area contributed by atoms with E-state index in [9.17, 15) is 18.0 Å². The number of carboxylic acids is 1. The summed E-state index contributed by atoms with van der Waals surface area (Å²) in [7, 11) is 0. The van der Waals surface area contributed by atoms with Gasteiger partial charge in [-0.25, -0.2) is 4.79 Å². The average Bonchev–Trinajstić information content (AvgIpc) is 3.21. The standard InChI is InChI=1S/C14H15ClN2O2.C2HF3O2/c15-11-1-2-12-10(5-11)6-13(19-12)14(18)17-8-9-3-4-16-7-9;3-2(4,5)1(6)7/h1-2,5-6,9,16H,3-4,7-8H2,(H,17,18);(H,6,7)/t9-;/m0./s1. The number of hydrogen-bond acceptors (Lipinski definition) is 4. The van der Waals surface area contributed by atoms with Crippen LogP contribution in [0.5, 0.6) is 0 Å². The maximum Gasteiger partial charge on any atom is 0.490 e. The Balaban J connectivity index is 0.000000298. The molecule has 26 heavy (non-hydrogen) atoms. The Morgan fingerprint density at radius 3 is 2.62 bits per heavy atom. The maximum absolute atomic E-state index is 12.0. The SMILES string of the molecule is O=C(NC[C@H]1CCNC1)c1cc2cc(Cl)ccc2o1.O=C(O)C(F)(F)F. The molecule has 6 nitrogen and oxygen atoms in total. The summed E-state index contributed by atoms with van der Waals surface area (Å²) in [6.07, 6.45) is -3.98. The topological polar surface area (TPSA) is 91.6 Å². The van der Waals surface area contributed by atoms with Crippen molar-refractivity contribution in [3.8, 4) is 0 Å². The number of benzene rings is 1. The van der Waals surface area contributed by atoms with Gasteiger partial charge in [0.15, 0.2) is 5.76 Å². The fourth-order valence-electron chi connectivity index (χ4n) is 2.34. The molecule has 1 aliphatic rings. The smallest absolute Gasteiger partial charge is 0.475 e. The molecule has 2 aromatic rings. The molecule has 1 aliphatic heterocycles. The fraction of sp³-hybridized carbons (Fsp3) is 0.375. The first-order valence-electron chi connectivity index (χ1n) is 7.65. The first-order valence-corrected chi connectivity index (χ1v) is 8.02. The highest BCUT2D eigenvalue weighted by atomic mass is 35.5. The van der Waals surface area contributed by atoms with Gasteiger partial charge in [0.25, 0.3) is 5.91 Å². The number of halogens is 4. The van der Waals surface area contributed by atoms with E-state index >= 15 is 0 Å². The van der Waals surface area contributed by atoms with Crippen molar-refractivity contribution in [2.24, 2.45) is 5.92 Å². The van der Waals surface area contributed by atoms with Crippen molar-refractivity contribution in [3.05, 3.63) is 35.0 Å². The molecule has 142 valence electrons. The quantitative estimate of drug-likeness (QED) is 0.746. The Morgan fingerprint density at radius 1 is 1.35 bits per heavy atom. The zero-order valence-corrected chi connectivity index (χ0v) is 14.2. The van der Waals surface area contributed by atoms with Gasteiger partial charge < -0.3 is 20.2 Å². The zero-order chi connectivity index (χ0) is 19.3. The normalized spacial score (nSPS) is 16.8.